The predicted octanol–water partition coefficient (Wildman–Crippen LogP) is 6.10. The largest absolute Gasteiger partial charge is 0.361 e. The summed E-state index contributed by atoms with van der Waals surface area (Å²) in [7, 11) is 0. The van der Waals surface area contributed by atoms with Gasteiger partial charge in [0.15, 0.2) is 0 Å². The second-order valence-electron chi connectivity index (χ2n) is 7.92. The van der Waals surface area contributed by atoms with Crippen molar-refractivity contribution in [3.63, 3.8) is 0 Å². The van der Waals surface area contributed by atoms with Crippen LogP contribution in [0.15, 0.2) is 24.3 Å². The van der Waals surface area contributed by atoms with Gasteiger partial charge in [-0.05, 0) is 47.4 Å². The van der Waals surface area contributed by atoms with Gasteiger partial charge in [-0.1, -0.05) is 58.7 Å². The molecular weight excluding hydrogens is 266 g/mol. The third-order valence-electron chi connectivity index (χ3n) is 5.91. The molecule has 0 amide bonds. The lowest BCUT2D eigenvalue weighted by Crippen LogP contribution is -2.21. The second kappa shape index (κ2) is 4.75. The van der Waals surface area contributed by atoms with E-state index in [0.717, 1.165) is 0 Å². The number of benzene rings is 1. The zero-order valence-corrected chi connectivity index (χ0v) is 14.3. The molecule has 0 bridgehead atoms. The normalized spacial score (nSPS) is 18.5. The molecule has 1 aromatic carbocycles. The fraction of sp³-hybridized carbons (Fsp3) is 0.524. The average molecular weight is 293 g/mol. The fourth-order valence-corrected chi connectivity index (χ4v) is 4.56. The molecule has 116 valence electrons. The second-order valence-corrected chi connectivity index (χ2v) is 7.92. The topological polar surface area (TPSA) is 15.8 Å². The molecule has 1 nitrogen and oxygen atoms in total. The molecule has 1 aromatic heterocycles. The summed E-state index contributed by atoms with van der Waals surface area (Å²) in [4.78, 5) is 3.82. The molecule has 0 atom stereocenters. The van der Waals surface area contributed by atoms with Gasteiger partial charge in [0, 0.05) is 22.4 Å². The molecule has 1 saturated carbocycles. The van der Waals surface area contributed by atoms with Crippen LogP contribution in [0, 0.1) is 0 Å². The first kappa shape index (κ1) is 14.1. The number of aromatic nitrogens is 1. The number of hydrogen-bond acceptors (Lipinski definition) is 0. The minimum atomic E-state index is 0.280. The third-order valence-corrected chi connectivity index (χ3v) is 5.91. The molecule has 0 unspecified atom stereocenters. The molecular formula is C21H27N. The lowest BCUT2D eigenvalue weighted by Gasteiger charge is -2.26. The number of rotatable bonds is 2. The van der Waals surface area contributed by atoms with Gasteiger partial charge in [0.05, 0.1) is 0 Å². The molecule has 22 heavy (non-hydrogen) atoms. The van der Waals surface area contributed by atoms with Crippen molar-refractivity contribution in [2.75, 3.05) is 0 Å². The summed E-state index contributed by atoms with van der Waals surface area (Å²) in [6, 6.07) is 9.65. The maximum Gasteiger partial charge on any atom is 0.0366 e. The van der Waals surface area contributed by atoms with Crippen LogP contribution in [0.4, 0.5) is 0 Å². The molecule has 2 aromatic rings. The van der Waals surface area contributed by atoms with Crippen LogP contribution in [-0.2, 0) is 5.41 Å². The van der Waals surface area contributed by atoms with E-state index < -0.39 is 0 Å². The van der Waals surface area contributed by atoms with Crippen LogP contribution in [0.1, 0.15) is 87.7 Å². The van der Waals surface area contributed by atoms with Crippen molar-refractivity contribution >= 4 is 0 Å². The first-order valence-corrected chi connectivity index (χ1v) is 8.91. The molecule has 1 heteroatoms. The summed E-state index contributed by atoms with van der Waals surface area (Å²) in [5.41, 5.74) is 9.26. The van der Waals surface area contributed by atoms with Crippen molar-refractivity contribution in [2.24, 2.45) is 0 Å². The van der Waals surface area contributed by atoms with Crippen molar-refractivity contribution in [3.05, 3.63) is 46.8 Å². The van der Waals surface area contributed by atoms with Crippen molar-refractivity contribution in [1.29, 1.82) is 0 Å². The van der Waals surface area contributed by atoms with Crippen LogP contribution < -0.4 is 0 Å². The van der Waals surface area contributed by atoms with Gasteiger partial charge < -0.3 is 4.98 Å². The number of H-pyrrole nitrogens is 1. The number of aromatic amines is 1. The lowest BCUT2D eigenvalue weighted by atomic mass is 9.78. The van der Waals surface area contributed by atoms with E-state index >= 15 is 0 Å². The van der Waals surface area contributed by atoms with E-state index in [0.29, 0.717) is 11.8 Å². The average Bonchev–Trinajstić information content (AvgIpc) is 3.18. The Balaban J connectivity index is 1.95. The molecule has 1 fully saturated rings. The Morgan fingerprint density at radius 3 is 2.27 bits per heavy atom. The van der Waals surface area contributed by atoms with Gasteiger partial charge in [0.2, 0.25) is 0 Å². The van der Waals surface area contributed by atoms with Gasteiger partial charge >= 0.3 is 0 Å². The smallest absolute Gasteiger partial charge is 0.0366 e. The summed E-state index contributed by atoms with van der Waals surface area (Å²) in [5, 5.41) is 0. The van der Waals surface area contributed by atoms with Crippen molar-refractivity contribution in [2.45, 2.75) is 70.6 Å². The van der Waals surface area contributed by atoms with E-state index in [1.807, 2.05) is 0 Å². The molecule has 0 aliphatic heterocycles. The summed E-state index contributed by atoms with van der Waals surface area (Å²) in [5.74, 6) is 1.18. The van der Waals surface area contributed by atoms with E-state index in [1.165, 1.54) is 53.8 Å². The zero-order chi connectivity index (χ0) is 15.5. The molecule has 2 aliphatic rings. The quantitative estimate of drug-likeness (QED) is 0.688. The van der Waals surface area contributed by atoms with Gasteiger partial charge in [-0.3, -0.25) is 0 Å². The highest BCUT2D eigenvalue weighted by molar-refractivity contribution is 5.81. The third kappa shape index (κ3) is 1.77. The maximum atomic E-state index is 3.82. The van der Waals surface area contributed by atoms with E-state index in [1.54, 1.807) is 5.56 Å². The molecule has 1 heterocycles. The highest BCUT2D eigenvalue weighted by atomic mass is 14.8. The first-order chi connectivity index (χ1) is 10.5. The number of hydrogen-bond donors (Lipinski definition) is 1. The Labute approximate surface area is 134 Å². The molecule has 4 rings (SSSR count). The van der Waals surface area contributed by atoms with Crippen LogP contribution in [-0.4, -0.2) is 4.98 Å². The van der Waals surface area contributed by atoms with Gasteiger partial charge in [-0.15, -0.1) is 0 Å². The molecule has 2 aliphatic carbocycles. The highest BCUT2D eigenvalue weighted by Crippen LogP contribution is 2.57. The Hall–Kier alpha value is -1.50. The fourth-order valence-electron chi connectivity index (χ4n) is 4.56. The Bertz CT molecular complexity index is 712. The highest BCUT2D eigenvalue weighted by Gasteiger charge is 2.46. The molecule has 0 saturated heterocycles. The Morgan fingerprint density at radius 1 is 0.909 bits per heavy atom. The summed E-state index contributed by atoms with van der Waals surface area (Å²) >= 11 is 0. The van der Waals surface area contributed by atoms with Crippen molar-refractivity contribution < 1.29 is 0 Å². The van der Waals surface area contributed by atoms with Crippen molar-refractivity contribution in [1.82, 2.24) is 4.98 Å². The van der Waals surface area contributed by atoms with Gasteiger partial charge in [-0.25, -0.2) is 0 Å². The van der Waals surface area contributed by atoms with E-state index in [4.69, 9.17) is 0 Å². The summed E-state index contributed by atoms with van der Waals surface area (Å²) in [6.45, 7) is 9.17. The minimum Gasteiger partial charge on any atom is -0.361 e. The Morgan fingerprint density at radius 2 is 1.64 bits per heavy atom. The summed E-state index contributed by atoms with van der Waals surface area (Å²) in [6.07, 6.45) is 5.35. The van der Waals surface area contributed by atoms with Gasteiger partial charge in [0.1, 0.15) is 0 Å². The molecule has 1 spiro atoms. The van der Waals surface area contributed by atoms with Crippen molar-refractivity contribution in [3.8, 4) is 11.1 Å². The maximum absolute atomic E-state index is 3.82. The van der Waals surface area contributed by atoms with E-state index in [2.05, 4.69) is 56.9 Å². The first-order valence-electron chi connectivity index (χ1n) is 8.91. The monoisotopic (exact) mass is 293 g/mol. The van der Waals surface area contributed by atoms with E-state index in [9.17, 15) is 0 Å². The molecule has 0 radical (unpaired) electrons. The summed E-state index contributed by atoms with van der Waals surface area (Å²) < 4.78 is 0. The van der Waals surface area contributed by atoms with Gasteiger partial charge in [0.25, 0.3) is 0 Å². The SMILES string of the molecule is CC(C)c1ccc2c(c1)C1(CCCC1)c1[nH]c(C(C)C)cc1-2. The van der Waals surface area contributed by atoms with Crippen LogP contribution in [0.2, 0.25) is 0 Å². The van der Waals surface area contributed by atoms with Gasteiger partial charge in [-0.2, -0.15) is 0 Å². The number of fused-ring (bicyclic) bond motifs is 5. The lowest BCUT2D eigenvalue weighted by molar-refractivity contribution is 0.532. The van der Waals surface area contributed by atoms with Crippen LogP contribution in [0.3, 0.4) is 0 Å². The van der Waals surface area contributed by atoms with E-state index in [-0.39, 0.29) is 5.41 Å². The zero-order valence-electron chi connectivity index (χ0n) is 14.3. The standard InChI is InChI=1S/C21H27N/c1-13(2)15-7-8-16-17-12-19(14(3)4)22-20(17)21(18(16)11-15)9-5-6-10-21/h7-8,11-14,22H,5-6,9-10H2,1-4H3. The number of nitrogens with one attached hydrogen (secondary N) is 1. The Kier molecular flexibility index (Phi) is 3.04. The minimum absolute atomic E-state index is 0.280. The van der Waals surface area contributed by atoms with Crippen LogP contribution in [0.5, 0.6) is 0 Å². The molecule has 1 N–H and O–H groups in total. The van der Waals surface area contributed by atoms with Crippen LogP contribution >= 0.6 is 0 Å². The predicted molar refractivity (Wildman–Crippen MR) is 93.7 cm³/mol. The van der Waals surface area contributed by atoms with Crippen LogP contribution in [0.25, 0.3) is 11.1 Å².